The molecule has 0 heterocycles. The molecule has 1 N–H and O–H groups in total. The van der Waals surface area contributed by atoms with Gasteiger partial charge in [0.15, 0.2) is 0 Å². The first-order valence-electron chi connectivity index (χ1n) is 6.38. The Balaban J connectivity index is 2.48. The van der Waals surface area contributed by atoms with E-state index in [2.05, 4.69) is 4.99 Å². The zero-order chi connectivity index (χ0) is 17.2. The maximum Gasteiger partial charge on any atom is 0.418 e. The lowest BCUT2D eigenvalue weighted by Gasteiger charge is -2.09. The van der Waals surface area contributed by atoms with Gasteiger partial charge >= 0.3 is 6.18 Å². The molecule has 0 bridgehead atoms. The van der Waals surface area contributed by atoms with E-state index in [1.165, 1.54) is 25.1 Å². The van der Waals surface area contributed by atoms with Crippen molar-refractivity contribution < 1.29 is 23.2 Å². The summed E-state index contributed by atoms with van der Waals surface area (Å²) in [6.07, 6.45) is -3.60. The molecule has 0 aromatic heterocycles. The lowest BCUT2D eigenvalue weighted by Crippen LogP contribution is -2.04. The Labute approximate surface area is 128 Å². The van der Waals surface area contributed by atoms with Crippen LogP contribution in [-0.2, 0) is 6.18 Å². The van der Waals surface area contributed by atoms with Gasteiger partial charge in [-0.05, 0) is 24.6 Å². The number of nitro benzene ring substituents is 1. The van der Waals surface area contributed by atoms with Crippen molar-refractivity contribution in [3.05, 3.63) is 63.2 Å². The largest absolute Gasteiger partial charge is 0.507 e. The summed E-state index contributed by atoms with van der Waals surface area (Å²) in [6.45, 7) is 1.45. The van der Waals surface area contributed by atoms with Crippen LogP contribution in [0.2, 0.25) is 0 Å². The van der Waals surface area contributed by atoms with E-state index in [1.54, 1.807) is 0 Å². The molecule has 0 aliphatic carbocycles. The molecule has 23 heavy (non-hydrogen) atoms. The van der Waals surface area contributed by atoms with Crippen LogP contribution in [0.15, 0.2) is 41.4 Å². The minimum atomic E-state index is -4.57. The third kappa shape index (κ3) is 3.65. The minimum absolute atomic E-state index is 0.0336. The van der Waals surface area contributed by atoms with Crippen molar-refractivity contribution in [1.29, 1.82) is 0 Å². The van der Waals surface area contributed by atoms with E-state index >= 15 is 0 Å². The number of para-hydroxylation sites is 1. The highest BCUT2D eigenvalue weighted by Crippen LogP contribution is 2.36. The van der Waals surface area contributed by atoms with Crippen LogP contribution in [0.3, 0.4) is 0 Å². The molecule has 0 radical (unpaired) electrons. The normalized spacial score (nSPS) is 11.8. The van der Waals surface area contributed by atoms with Crippen LogP contribution in [0, 0.1) is 17.0 Å². The molecule has 0 unspecified atom stereocenters. The van der Waals surface area contributed by atoms with Crippen molar-refractivity contribution in [3.8, 4) is 5.75 Å². The van der Waals surface area contributed by atoms with Gasteiger partial charge in [-0.15, -0.1) is 0 Å². The monoisotopic (exact) mass is 324 g/mol. The highest BCUT2D eigenvalue weighted by atomic mass is 19.4. The third-order valence-electron chi connectivity index (χ3n) is 3.08. The molecule has 0 atom stereocenters. The van der Waals surface area contributed by atoms with E-state index in [9.17, 15) is 28.4 Å². The van der Waals surface area contributed by atoms with Crippen LogP contribution in [0.4, 0.5) is 24.5 Å². The van der Waals surface area contributed by atoms with Crippen molar-refractivity contribution in [3.63, 3.8) is 0 Å². The summed E-state index contributed by atoms with van der Waals surface area (Å²) in [5.74, 6) is -0.274. The number of hydrogen-bond acceptors (Lipinski definition) is 4. The molecular formula is C15H11F3N2O3. The topological polar surface area (TPSA) is 75.7 Å². The highest BCUT2D eigenvalue weighted by molar-refractivity contribution is 5.87. The second-order valence-corrected chi connectivity index (χ2v) is 4.73. The highest BCUT2D eigenvalue weighted by Gasteiger charge is 2.33. The van der Waals surface area contributed by atoms with E-state index in [1.807, 2.05) is 0 Å². The average Bonchev–Trinajstić information content (AvgIpc) is 2.47. The van der Waals surface area contributed by atoms with Gasteiger partial charge in [-0.1, -0.05) is 12.1 Å². The first kappa shape index (κ1) is 16.5. The number of benzene rings is 2. The Morgan fingerprint density at radius 1 is 1.26 bits per heavy atom. The predicted octanol–water partition coefficient (Wildman–Crippen LogP) is 4.38. The average molecular weight is 324 g/mol. The van der Waals surface area contributed by atoms with Crippen LogP contribution < -0.4 is 0 Å². The van der Waals surface area contributed by atoms with E-state index < -0.39 is 16.7 Å². The van der Waals surface area contributed by atoms with Crippen LogP contribution in [0.1, 0.15) is 16.7 Å². The molecule has 0 saturated carbocycles. The number of non-ortho nitro benzene ring substituents is 1. The number of rotatable bonds is 3. The van der Waals surface area contributed by atoms with Gasteiger partial charge < -0.3 is 5.11 Å². The Bertz CT molecular complexity index is 786. The van der Waals surface area contributed by atoms with E-state index in [0.717, 1.165) is 24.4 Å². The fourth-order valence-corrected chi connectivity index (χ4v) is 1.96. The standard InChI is InChI=1S/C15H11F3N2O3/c1-9-6-11(20(22)23)7-10(14(9)21)8-19-13-5-3-2-4-12(13)15(16,17)18/h2-8,21H,1H3. The van der Waals surface area contributed by atoms with Gasteiger partial charge in [0.05, 0.1) is 16.2 Å². The second-order valence-electron chi connectivity index (χ2n) is 4.73. The molecule has 2 rings (SSSR count). The number of aryl methyl sites for hydroxylation is 1. The first-order valence-corrected chi connectivity index (χ1v) is 6.38. The zero-order valence-electron chi connectivity index (χ0n) is 11.8. The zero-order valence-corrected chi connectivity index (χ0v) is 11.8. The third-order valence-corrected chi connectivity index (χ3v) is 3.08. The maximum atomic E-state index is 12.9. The van der Waals surface area contributed by atoms with E-state index in [-0.39, 0.29) is 28.3 Å². The van der Waals surface area contributed by atoms with Crippen molar-refractivity contribution in [2.45, 2.75) is 13.1 Å². The molecule has 0 aliphatic heterocycles. The van der Waals surface area contributed by atoms with Gasteiger partial charge in [-0.3, -0.25) is 15.1 Å². The Morgan fingerprint density at radius 3 is 2.52 bits per heavy atom. The molecular weight excluding hydrogens is 313 g/mol. The number of aromatic hydroxyl groups is 1. The molecule has 0 fully saturated rings. The number of nitrogens with zero attached hydrogens (tertiary/aromatic N) is 2. The minimum Gasteiger partial charge on any atom is -0.507 e. The summed E-state index contributed by atoms with van der Waals surface area (Å²) in [5.41, 5.74) is -1.37. The van der Waals surface area contributed by atoms with Gasteiger partial charge in [0.2, 0.25) is 0 Å². The maximum absolute atomic E-state index is 12.9. The summed E-state index contributed by atoms with van der Waals surface area (Å²) in [6, 6.07) is 6.88. The number of aliphatic imine (C=N–C) groups is 1. The molecule has 0 saturated heterocycles. The van der Waals surface area contributed by atoms with Gasteiger partial charge in [0, 0.05) is 23.9 Å². The molecule has 2 aromatic rings. The van der Waals surface area contributed by atoms with Crippen molar-refractivity contribution in [2.24, 2.45) is 4.99 Å². The quantitative estimate of drug-likeness (QED) is 0.517. The lowest BCUT2D eigenvalue weighted by atomic mass is 10.1. The molecule has 120 valence electrons. The van der Waals surface area contributed by atoms with E-state index in [0.29, 0.717) is 0 Å². The summed E-state index contributed by atoms with van der Waals surface area (Å²) in [7, 11) is 0. The van der Waals surface area contributed by atoms with Crippen LogP contribution in [0.5, 0.6) is 5.75 Å². The van der Waals surface area contributed by atoms with Crippen LogP contribution in [0.25, 0.3) is 0 Å². The number of hydrogen-bond donors (Lipinski definition) is 1. The Morgan fingerprint density at radius 2 is 1.91 bits per heavy atom. The van der Waals surface area contributed by atoms with Gasteiger partial charge in [-0.2, -0.15) is 13.2 Å². The van der Waals surface area contributed by atoms with Crippen molar-refractivity contribution in [2.75, 3.05) is 0 Å². The summed E-state index contributed by atoms with van der Waals surface area (Å²) in [4.78, 5) is 13.9. The number of nitro groups is 1. The van der Waals surface area contributed by atoms with Gasteiger partial charge in [0.1, 0.15) is 5.75 Å². The first-order chi connectivity index (χ1) is 10.7. The van der Waals surface area contributed by atoms with Crippen molar-refractivity contribution in [1.82, 2.24) is 0 Å². The fourth-order valence-electron chi connectivity index (χ4n) is 1.96. The fraction of sp³-hybridized carbons (Fsp3) is 0.133. The number of phenols is 1. The summed E-state index contributed by atoms with van der Waals surface area (Å²) >= 11 is 0. The number of halogens is 3. The molecule has 0 amide bonds. The molecule has 5 nitrogen and oxygen atoms in total. The smallest absolute Gasteiger partial charge is 0.418 e. The lowest BCUT2D eigenvalue weighted by molar-refractivity contribution is -0.384. The molecule has 2 aromatic carbocycles. The number of phenolic OH excluding ortho intramolecular Hbond substituents is 1. The Hall–Kier alpha value is -2.90. The SMILES string of the molecule is Cc1cc([N+](=O)[O-])cc(C=Nc2ccccc2C(F)(F)F)c1O. The van der Waals surface area contributed by atoms with Gasteiger partial charge in [-0.25, -0.2) is 0 Å². The Kier molecular flexibility index (Phi) is 4.35. The predicted molar refractivity (Wildman–Crippen MR) is 78.2 cm³/mol. The van der Waals surface area contributed by atoms with Gasteiger partial charge in [0.25, 0.3) is 5.69 Å². The second kappa shape index (κ2) is 6.07. The summed E-state index contributed by atoms with van der Waals surface area (Å²) < 4.78 is 38.6. The summed E-state index contributed by atoms with van der Waals surface area (Å²) in [5, 5.41) is 20.7. The van der Waals surface area contributed by atoms with Crippen LogP contribution >= 0.6 is 0 Å². The molecule has 8 heteroatoms. The van der Waals surface area contributed by atoms with Crippen LogP contribution in [-0.4, -0.2) is 16.2 Å². The number of alkyl halides is 3. The molecule has 0 spiro atoms. The van der Waals surface area contributed by atoms with Crippen molar-refractivity contribution >= 4 is 17.6 Å². The van der Waals surface area contributed by atoms with E-state index in [4.69, 9.17) is 0 Å². The molecule has 0 aliphatic rings.